The Labute approximate surface area is 95.1 Å². The van der Waals surface area contributed by atoms with E-state index in [9.17, 15) is 8.78 Å². The van der Waals surface area contributed by atoms with Gasteiger partial charge in [0.2, 0.25) is 0 Å². The monoisotopic (exact) mass is 228 g/mol. The maximum Gasteiger partial charge on any atom is 0.130 e. The van der Waals surface area contributed by atoms with Crippen molar-refractivity contribution in [1.82, 2.24) is 4.90 Å². The summed E-state index contributed by atoms with van der Waals surface area (Å²) in [6, 6.07) is 2.42. The van der Waals surface area contributed by atoms with Gasteiger partial charge in [-0.05, 0) is 26.1 Å². The Kier molecular flexibility index (Phi) is 4.83. The van der Waals surface area contributed by atoms with Gasteiger partial charge in [-0.15, -0.1) is 0 Å². The minimum absolute atomic E-state index is 0.0939. The molecule has 0 unspecified atom stereocenters. The quantitative estimate of drug-likeness (QED) is 0.837. The lowest BCUT2D eigenvalue weighted by Gasteiger charge is -2.16. The molecule has 0 radical (unpaired) electrons. The van der Waals surface area contributed by atoms with Crippen LogP contribution in [0.25, 0.3) is 0 Å². The van der Waals surface area contributed by atoms with Crippen LogP contribution in [-0.4, -0.2) is 18.5 Å². The van der Waals surface area contributed by atoms with Crippen molar-refractivity contribution in [2.45, 2.75) is 26.4 Å². The van der Waals surface area contributed by atoms with Crippen molar-refractivity contribution in [3.63, 3.8) is 0 Å². The molecule has 16 heavy (non-hydrogen) atoms. The largest absolute Gasteiger partial charge is 0.326 e. The zero-order chi connectivity index (χ0) is 12.1. The smallest absolute Gasteiger partial charge is 0.130 e. The highest BCUT2D eigenvalue weighted by Crippen LogP contribution is 2.16. The normalized spacial score (nSPS) is 11.1. The fourth-order valence-electron chi connectivity index (χ4n) is 1.67. The number of rotatable bonds is 5. The Bertz CT molecular complexity index is 353. The Morgan fingerprint density at radius 1 is 1.19 bits per heavy atom. The molecular weight excluding hydrogens is 210 g/mol. The van der Waals surface area contributed by atoms with Crippen molar-refractivity contribution in [3.05, 3.63) is 34.9 Å². The summed E-state index contributed by atoms with van der Waals surface area (Å²) >= 11 is 0. The van der Waals surface area contributed by atoms with E-state index < -0.39 is 11.6 Å². The molecule has 2 nitrogen and oxygen atoms in total. The van der Waals surface area contributed by atoms with E-state index in [-0.39, 0.29) is 6.54 Å². The first-order valence-corrected chi connectivity index (χ1v) is 5.43. The van der Waals surface area contributed by atoms with Gasteiger partial charge < -0.3 is 10.6 Å². The maximum absolute atomic E-state index is 13.5. The SMILES string of the molecule is CCCN(C)Cc1cc(CN)c(F)cc1F. The van der Waals surface area contributed by atoms with Crippen molar-refractivity contribution in [2.24, 2.45) is 5.73 Å². The lowest BCUT2D eigenvalue weighted by Crippen LogP contribution is -2.19. The number of hydrogen-bond donors (Lipinski definition) is 1. The molecule has 0 atom stereocenters. The highest BCUT2D eigenvalue weighted by atomic mass is 19.1. The van der Waals surface area contributed by atoms with Crippen LogP contribution in [0.1, 0.15) is 24.5 Å². The first kappa shape index (κ1) is 13.1. The molecule has 0 aliphatic rings. The van der Waals surface area contributed by atoms with Crippen LogP contribution in [0.5, 0.6) is 0 Å². The summed E-state index contributed by atoms with van der Waals surface area (Å²) in [4.78, 5) is 2.00. The zero-order valence-electron chi connectivity index (χ0n) is 9.76. The molecule has 0 bridgehead atoms. The minimum atomic E-state index is -0.568. The molecule has 0 aliphatic carbocycles. The van der Waals surface area contributed by atoms with E-state index in [4.69, 9.17) is 5.73 Å². The van der Waals surface area contributed by atoms with E-state index in [2.05, 4.69) is 6.92 Å². The summed E-state index contributed by atoms with van der Waals surface area (Å²) in [5.74, 6) is -1.07. The highest BCUT2D eigenvalue weighted by Gasteiger charge is 2.10. The van der Waals surface area contributed by atoms with E-state index in [1.54, 1.807) is 0 Å². The van der Waals surface area contributed by atoms with Gasteiger partial charge in [0.05, 0.1) is 0 Å². The third kappa shape index (κ3) is 3.25. The lowest BCUT2D eigenvalue weighted by molar-refractivity contribution is 0.321. The van der Waals surface area contributed by atoms with Gasteiger partial charge in [0.25, 0.3) is 0 Å². The Morgan fingerprint density at radius 2 is 1.81 bits per heavy atom. The first-order valence-electron chi connectivity index (χ1n) is 5.43. The molecule has 0 saturated carbocycles. The molecule has 0 spiro atoms. The van der Waals surface area contributed by atoms with E-state index in [0.29, 0.717) is 17.7 Å². The number of benzene rings is 1. The molecule has 0 aromatic heterocycles. The van der Waals surface area contributed by atoms with Gasteiger partial charge in [-0.3, -0.25) is 0 Å². The van der Waals surface area contributed by atoms with Crippen LogP contribution in [0.15, 0.2) is 12.1 Å². The molecule has 4 heteroatoms. The average Bonchev–Trinajstić information content (AvgIpc) is 2.22. The average molecular weight is 228 g/mol. The summed E-state index contributed by atoms with van der Waals surface area (Å²) in [6.07, 6.45) is 1.00. The second-order valence-electron chi connectivity index (χ2n) is 3.98. The molecule has 0 heterocycles. The number of nitrogens with zero attached hydrogens (tertiary/aromatic N) is 1. The van der Waals surface area contributed by atoms with Crippen molar-refractivity contribution >= 4 is 0 Å². The van der Waals surface area contributed by atoms with Gasteiger partial charge >= 0.3 is 0 Å². The molecule has 1 aromatic rings. The second kappa shape index (κ2) is 5.92. The van der Waals surface area contributed by atoms with E-state index >= 15 is 0 Å². The summed E-state index contributed by atoms with van der Waals surface area (Å²) in [5.41, 5.74) is 6.24. The van der Waals surface area contributed by atoms with Gasteiger partial charge in [0.1, 0.15) is 11.6 Å². The van der Waals surface area contributed by atoms with Crippen LogP contribution >= 0.6 is 0 Å². The molecule has 0 fully saturated rings. The third-order valence-electron chi connectivity index (χ3n) is 2.48. The highest BCUT2D eigenvalue weighted by molar-refractivity contribution is 5.26. The summed E-state index contributed by atoms with van der Waals surface area (Å²) in [6.45, 7) is 3.52. The van der Waals surface area contributed by atoms with E-state index in [1.807, 2.05) is 11.9 Å². The summed E-state index contributed by atoms with van der Waals surface area (Å²) in [5, 5.41) is 0. The second-order valence-corrected chi connectivity index (χ2v) is 3.98. The Morgan fingerprint density at radius 3 is 2.38 bits per heavy atom. The number of nitrogens with two attached hydrogens (primary N) is 1. The molecule has 0 aliphatic heterocycles. The van der Waals surface area contributed by atoms with Gasteiger partial charge in [-0.1, -0.05) is 6.92 Å². The minimum Gasteiger partial charge on any atom is -0.326 e. The van der Waals surface area contributed by atoms with Gasteiger partial charge in [0, 0.05) is 30.3 Å². The predicted octanol–water partition coefficient (Wildman–Crippen LogP) is 2.27. The van der Waals surface area contributed by atoms with Crippen LogP contribution in [0, 0.1) is 11.6 Å². The lowest BCUT2D eigenvalue weighted by atomic mass is 10.1. The molecule has 1 rings (SSSR count). The van der Waals surface area contributed by atoms with E-state index in [0.717, 1.165) is 19.0 Å². The van der Waals surface area contributed by atoms with Gasteiger partial charge in [0.15, 0.2) is 0 Å². The van der Waals surface area contributed by atoms with Crippen molar-refractivity contribution in [1.29, 1.82) is 0 Å². The van der Waals surface area contributed by atoms with Gasteiger partial charge in [-0.2, -0.15) is 0 Å². The van der Waals surface area contributed by atoms with Crippen molar-refractivity contribution in [2.75, 3.05) is 13.6 Å². The molecule has 0 amide bonds. The number of hydrogen-bond acceptors (Lipinski definition) is 2. The Balaban J connectivity index is 2.87. The van der Waals surface area contributed by atoms with Crippen molar-refractivity contribution in [3.8, 4) is 0 Å². The van der Waals surface area contributed by atoms with Gasteiger partial charge in [-0.25, -0.2) is 8.78 Å². The van der Waals surface area contributed by atoms with Crippen LogP contribution in [0.4, 0.5) is 8.78 Å². The maximum atomic E-state index is 13.5. The fraction of sp³-hybridized carbons (Fsp3) is 0.500. The molecule has 2 N–H and O–H groups in total. The summed E-state index contributed by atoms with van der Waals surface area (Å²) < 4.78 is 26.6. The Hall–Kier alpha value is -1.00. The first-order chi connectivity index (χ1) is 7.58. The standard InChI is InChI=1S/C12H18F2N2/c1-3-4-16(2)8-10-5-9(7-15)11(13)6-12(10)14/h5-6H,3-4,7-8,15H2,1-2H3. The third-order valence-corrected chi connectivity index (χ3v) is 2.48. The zero-order valence-corrected chi connectivity index (χ0v) is 9.76. The van der Waals surface area contributed by atoms with Crippen molar-refractivity contribution < 1.29 is 8.78 Å². The van der Waals surface area contributed by atoms with E-state index in [1.165, 1.54) is 6.07 Å². The topological polar surface area (TPSA) is 29.3 Å². The van der Waals surface area contributed by atoms with Crippen LogP contribution in [0.3, 0.4) is 0 Å². The molecule has 0 saturated heterocycles. The molecular formula is C12H18F2N2. The summed E-state index contributed by atoms with van der Waals surface area (Å²) in [7, 11) is 1.91. The molecule has 90 valence electrons. The number of halogens is 2. The van der Waals surface area contributed by atoms with Crippen LogP contribution in [-0.2, 0) is 13.1 Å². The molecule has 1 aromatic carbocycles. The predicted molar refractivity (Wildman–Crippen MR) is 60.9 cm³/mol. The fourth-order valence-corrected chi connectivity index (χ4v) is 1.67. The van der Waals surface area contributed by atoms with Crippen LogP contribution < -0.4 is 5.73 Å². The van der Waals surface area contributed by atoms with Crippen LogP contribution in [0.2, 0.25) is 0 Å².